The molecule has 22 heavy (non-hydrogen) atoms. The van der Waals surface area contributed by atoms with Crippen molar-refractivity contribution < 1.29 is 14.6 Å². The first-order chi connectivity index (χ1) is 10.2. The van der Waals surface area contributed by atoms with Gasteiger partial charge in [-0.05, 0) is 56.5 Å². The predicted octanol–water partition coefficient (Wildman–Crippen LogP) is 3.45. The molecule has 0 aliphatic carbocycles. The van der Waals surface area contributed by atoms with E-state index in [0.29, 0.717) is 11.5 Å². The highest BCUT2D eigenvalue weighted by atomic mass is 35.5. The Hall–Kier alpha value is -1.26. The lowest BCUT2D eigenvalue weighted by Gasteiger charge is -2.42. The fourth-order valence-corrected chi connectivity index (χ4v) is 3.52. The summed E-state index contributed by atoms with van der Waals surface area (Å²) in [5.41, 5.74) is 0.302. The van der Waals surface area contributed by atoms with E-state index >= 15 is 0 Å². The van der Waals surface area contributed by atoms with Crippen LogP contribution in [-0.2, 0) is 0 Å². The lowest BCUT2D eigenvalue weighted by Crippen LogP contribution is -2.47. The van der Waals surface area contributed by atoms with Gasteiger partial charge in [0.25, 0.3) is 0 Å². The molecule has 3 rings (SSSR count). The first kappa shape index (κ1) is 17.1. The molecule has 122 valence electrons. The quantitative estimate of drug-likeness (QED) is 0.921. The number of carboxylic acid groups (broad SMARTS) is 1. The van der Waals surface area contributed by atoms with E-state index in [2.05, 4.69) is 4.90 Å². The monoisotopic (exact) mass is 325 g/mol. The summed E-state index contributed by atoms with van der Waals surface area (Å²) in [6, 6.07) is 7.49. The zero-order valence-corrected chi connectivity index (χ0v) is 13.6. The van der Waals surface area contributed by atoms with Gasteiger partial charge in [-0.3, -0.25) is 4.90 Å². The summed E-state index contributed by atoms with van der Waals surface area (Å²) in [5.74, 6) is 0.462. The van der Waals surface area contributed by atoms with E-state index < -0.39 is 5.97 Å². The maximum Gasteiger partial charge on any atom is 0.335 e. The summed E-state index contributed by atoms with van der Waals surface area (Å²) in [4.78, 5) is 13.4. The molecule has 0 saturated carbocycles. The lowest BCUT2D eigenvalue weighted by molar-refractivity contribution is 0.0565. The molecule has 2 saturated heterocycles. The Balaban J connectivity index is 0.00000176. The third kappa shape index (κ3) is 4.14. The number of piperidine rings is 2. The zero-order valence-electron chi connectivity index (χ0n) is 12.7. The number of ether oxygens (including phenoxy) is 1. The summed E-state index contributed by atoms with van der Waals surface area (Å²) in [6.45, 7) is 3.13. The van der Waals surface area contributed by atoms with E-state index in [4.69, 9.17) is 9.84 Å². The first-order valence-electron chi connectivity index (χ1n) is 7.92. The third-order valence-electron chi connectivity index (χ3n) is 4.74. The van der Waals surface area contributed by atoms with Crippen LogP contribution in [0.15, 0.2) is 24.3 Å². The van der Waals surface area contributed by atoms with Crippen molar-refractivity contribution in [3.63, 3.8) is 0 Å². The second-order valence-corrected chi connectivity index (χ2v) is 6.23. The number of hydrogen-bond donors (Lipinski definition) is 1. The van der Waals surface area contributed by atoms with Crippen molar-refractivity contribution >= 4 is 18.4 Å². The molecule has 2 unspecified atom stereocenters. The maximum atomic E-state index is 10.8. The van der Waals surface area contributed by atoms with Gasteiger partial charge < -0.3 is 9.84 Å². The molecule has 2 atom stereocenters. The van der Waals surface area contributed by atoms with Crippen LogP contribution in [0.5, 0.6) is 5.75 Å². The number of halogens is 1. The molecule has 2 heterocycles. The van der Waals surface area contributed by atoms with Crippen molar-refractivity contribution in [2.45, 2.75) is 38.1 Å². The molecule has 4 nitrogen and oxygen atoms in total. The Morgan fingerprint density at radius 1 is 1.18 bits per heavy atom. The lowest BCUT2D eigenvalue weighted by atomic mass is 9.88. The average Bonchev–Trinajstić information content (AvgIpc) is 2.53. The van der Waals surface area contributed by atoms with Gasteiger partial charge >= 0.3 is 5.97 Å². The minimum atomic E-state index is -0.898. The number of carbonyl (C=O) groups is 1. The molecule has 1 N–H and O–H groups in total. The van der Waals surface area contributed by atoms with Crippen LogP contribution in [0.2, 0.25) is 0 Å². The Bertz CT molecular complexity index is 491. The highest BCUT2D eigenvalue weighted by Crippen LogP contribution is 2.29. The second-order valence-electron chi connectivity index (χ2n) is 6.23. The van der Waals surface area contributed by atoms with Crippen molar-refractivity contribution in [2.24, 2.45) is 5.92 Å². The van der Waals surface area contributed by atoms with Crippen LogP contribution < -0.4 is 4.74 Å². The molecule has 0 spiro atoms. The number of carboxylic acids is 1. The molecule has 0 bridgehead atoms. The SMILES string of the molecule is Cl.O=C(O)c1ccc(OCC2CCC3CCCCN3C2)cc1. The van der Waals surface area contributed by atoms with Gasteiger partial charge in [-0.25, -0.2) is 4.79 Å². The summed E-state index contributed by atoms with van der Waals surface area (Å²) in [6.07, 6.45) is 6.63. The van der Waals surface area contributed by atoms with E-state index in [-0.39, 0.29) is 12.4 Å². The maximum absolute atomic E-state index is 10.8. The van der Waals surface area contributed by atoms with Gasteiger partial charge in [0, 0.05) is 18.5 Å². The van der Waals surface area contributed by atoms with Gasteiger partial charge in [0.15, 0.2) is 0 Å². The number of fused-ring (bicyclic) bond motifs is 1. The van der Waals surface area contributed by atoms with Gasteiger partial charge in [-0.2, -0.15) is 0 Å². The Morgan fingerprint density at radius 2 is 1.95 bits per heavy atom. The minimum Gasteiger partial charge on any atom is -0.493 e. The number of rotatable bonds is 4. The van der Waals surface area contributed by atoms with Crippen LogP contribution in [0.25, 0.3) is 0 Å². The standard InChI is InChI=1S/C17H23NO3.ClH/c19-17(20)14-5-8-16(9-6-14)21-12-13-4-7-15-3-1-2-10-18(15)11-13;/h5-6,8-9,13,15H,1-4,7,10-12H2,(H,19,20);1H. The van der Waals surface area contributed by atoms with Gasteiger partial charge in [-0.15, -0.1) is 12.4 Å². The zero-order chi connectivity index (χ0) is 14.7. The van der Waals surface area contributed by atoms with Crippen LogP contribution in [0, 0.1) is 5.92 Å². The molecule has 1 aromatic carbocycles. The normalized spacial score (nSPS) is 24.9. The average molecular weight is 326 g/mol. The Morgan fingerprint density at radius 3 is 2.68 bits per heavy atom. The number of nitrogens with zero attached hydrogens (tertiary/aromatic N) is 1. The Kier molecular flexibility index (Phi) is 6.09. The van der Waals surface area contributed by atoms with Crippen LogP contribution in [-0.4, -0.2) is 41.7 Å². The van der Waals surface area contributed by atoms with Crippen LogP contribution in [0.3, 0.4) is 0 Å². The number of hydrogen-bond acceptors (Lipinski definition) is 3. The summed E-state index contributed by atoms with van der Waals surface area (Å²) >= 11 is 0. The van der Waals surface area contributed by atoms with Gasteiger partial charge in [-0.1, -0.05) is 6.42 Å². The topological polar surface area (TPSA) is 49.8 Å². The summed E-state index contributed by atoms with van der Waals surface area (Å²) in [7, 11) is 0. The molecule has 5 heteroatoms. The van der Waals surface area contributed by atoms with Crippen LogP contribution in [0.1, 0.15) is 42.5 Å². The molecule has 2 aliphatic heterocycles. The van der Waals surface area contributed by atoms with E-state index in [1.165, 1.54) is 38.6 Å². The fraction of sp³-hybridized carbons (Fsp3) is 0.588. The second kappa shape index (κ2) is 7.84. The predicted molar refractivity (Wildman–Crippen MR) is 88.1 cm³/mol. The van der Waals surface area contributed by atoms with Crippen LogP contribution >= 0.6 is 12.4 Å². The fourth-order valence-electron chi connectivity index (χ4n) is 3.52. The third-order valence-corrected chi connectivity index (χ3v) is 4.74. The van der Waals surface area contributed by atoms with E-state index in [1.54, 1.807) is 24.3 Å². The van der Waals surface area contributed by atoms with Crippen LogP contribution in [0.4, 0.5) is 0 Å². The first-order valence-corrected chi connectivity index (χ1v) is 7.92. The minimum absolute atomic E-state index is 0. The highest BCUT2D eigenvalue weighted by Gasteiger charge is 2.30. The van der Waals surface area contributed by atoms with Crippen molar-refractivity contribution in [3.8, 4) is 5.75 Å². The van der Waals surface area contributed by atoms with E-state index in [0.717, 1.165) is 24.9 Å². The van der Waals surface area contributed by atoms with Gasteiger partial charge in [0.1, 0.15) is 5.75 Å². The van der Waals surface area contributed by atoms with Crippen molar-refractivity contribution in [2.75, 3.05) is 19.7 Å². The summed E-state index contributed by atoms with van der Waals surface area (Å²) < 4.78 is 5.84. The molecular weight excluding hydrogens is 302 g/mol. The number of aromatic carboxylic acids is 1. The van der Waals surface area contributed by atoms with Gasteiger partial charge in [0.2, 0.25) is 0 Å². The van der Waals surface area contributed by atoms with E-state index in [1.807, 2.05) is 0 Å². The largest absolute Gasteiger partial charge is 0.493 e. The van der Waals surface area contributed by atoms with Gasteiger partial charge in [0.05, 0.1) is 12.2 Å². The molecule has 2 aliphatic rings. The summed E-state index contributed by atoms with van der Waals surface area (Å²) in [5, 5.41) is 8.87. The van der Waals surface area contributed by atoms with Crippen molar-refractivity contribution in [3.05, 3.63) is 29.8 Å². The molecule has 2 fully saturated rings. The van der Waals surface area contributed by atoms with Crippen molar-refractivity contribution in [1.29, 1.82) is 0 Å². The smallest absolute Gasteiger partial charge is 0.335 e. The van der Waals surface area contributed by atoms with E-state index in [9.17, 15) is 4.79 Å². The molecular formula is C17H24ClNO3. The highest BCUT2D eigenvalue weighted by molar-refractivity contribution is 5.87. The Labute approximate surface area is 137 Å². The molecule has 1 aromatic rings. The van der Waals surface area contributed by atoms with Crippen molar-refractivity contribution in [1.82, 2.24) is 4.90 Å². The molecule has 0 amide bonds. The molecule has 0 aromatic heterocycles. The molecule has 0 radical (unpaired) electrons. The number of benzene rings is 1.